The number of hydrogen-bond donors (Lipinski definition) is 2. The van der Waals surface area contributed by atoms with E-state index in [4.69, 9.17) is 15.4 Å². The Morgan fingerprint density at radius 2 is 1.93 bits per heavy atom. The van der Waals surface area contributed by atoms with Crippen molar-refractivity contribution in [3.63, 3.8) is 0 Å². The third-order valence-electron chi connectivity index (χ3n) is 1.02. The molecule has 0 aliphatic heterocycles. The summed E-state index contributed by atoms with van der Waals surface area (Å²) < 4.78 is 4.90. The van der Waals surface area contributed by atoms with Crippen LogP contribution in [0.2, 0.25) is 0 Å². The van der Waals surface area contributed by atoms with Gasteiger partial charge in [-0.3, -0.25) is 4.79 Å². The number of nitrogens with two attached hydrogens (primary N) is 1. The Kier molecular flexibility index (Phi) is 9.47. The van der Waals surface area contributed by atoms with Crippen LogP contribution in [0.1, 0.15) is 27.7 Å². The first-order valence-corrected chi connectivity index (χ1v) is 5.92. The van der Waals surface area contributed by atoms with Gasteiger partial charge < -0.3 is 15.4 Å². The highest BCUT2D eigenvalue weighted by atomic mass is 31.1. The van der Waals surface area contributed by atoms with Crippen LogP contribution < -0.4 is 5.73 Å². The van der Waals surface area contributed by atoms with Crippen LogP contribution in [0.3, 0.4) is 0 Å². The summed E-state index contributed by atoms with van der Waals surface area (Å²) in [6, 6.07) is -0.516. The van der Waals surface area contributed by atoms with Gasteiger partial charge in [0.05, 0.1) is 6.61 Å². The van der Waals surface area contributed by atoms with Gasteiger partial charge in [0.15, 0.2) is 0 Å². The van der Waals surface area contributed by atoms with Gasteiger partial charge in [0, 0.05) is 8.81 Å². The van der Waals surface area contributed by atoms with E-state index in [-0.39, 0.29) is 20.2 Å². The average Bonchev–Trinajstić information content (AvgIpc) is 2.00. The second-order valence-electron chi connectivity index (χ2n) is 4.18. The SMILES string of the molecule is CPO.C[C@H](N)C(=O)OCC(C)(C)C. The number of hydrogen-bond acceptors (Lipinski definition) is 4. The van der Waals surface area contributed by atoms with E-state index in [2.05, 4.69) is 0 Å². The summed E-state index contributed by atoms with van der Waals surface area (Å²) in [5.74, 6) is -0.333. The zero-order chi connectivity index (χ0) is 11.8. The Bertz CT molecular complexity index is 155. The highest BCUT2D eigenvalue weighted by molar-refractivity contribution is 7.29. The Morgan fingerprint density at radius 3 is 2.14 bits per heavy atom. The van der Waals surface area contributed by atoms with Gasteiger partial charge in [-0.15, -0.1) is 0 Å². The summed E-state index contributed by atoms with van der Waals surface area (Å²) in [6.45, 7) is 9.75. The topological polar surface area (TPSA) is 72.5 Å². The summed E-state index contributed by atoms with van der Waals surface area (Å²) in [7, 11) is 0.0833. The van der Waals surface area contributed by atoms with E-state index >= 15 is 0 Å². The molecule has 0 aromatic heterocycles. The van der Waals surface area contributed by atoms with Crippen molar-refractivity contribution >= 4 is 14.8 Å². The first-order valence-electron chi connectivity index (χ1n) is 4.47. The molecule has 0 rings (SSSR count). The quantitative estimate of drug-likeness (QED) is 0.543. The largest absolute Gasteiger partial charge is 0.464 e. The maximum Gasteiger partial charge on any atom is 0.322 e. The van der Waals surface area contributed by atoms with E-state index in [1.807, 2.05) is 20.8 Å². The Labute approximate surface area is 88.1 Å². The minimum absolute atomic E-state index is 0.0184. The van der Waals surface area contributed by atoms with Crippen molar-refractivity contribution in [3.8, 4) is 0 Å². The van der Waals surface area contributed by atoms with Crippen LogP contribution in [0.4, 0.5) is 0 Å². The molecular weight excluding hydrogens is 201 g/mol. The van der Waals surface area contributed by atoms with E-state index in [0.29, 0.717) is 6.61 Å². The number of esters is 1. The molecule has 0 amide bonds. The summed E-state index contributed by atoms with van der Waals surface area (Å²) in [4.78, 5) is 18.4. The molecule has 0 saturated heterocycles. The van der Waals surface area contributed by atoms with Crippen molar-refractivity contribution in [1.29, 1.82) is 0 Å². The molecule has 5 heteroatoms. The Balaban J connectivity index is 0. The van der Waals surface area contributed by atoms with E-state index in [1.165, 1.54) is 0 Å². The van der Waals surface area contributed by atoms with Crippen molar-refractivity contribution in [1.82, 2.24) is 0 Å². The third-order valence-corrected chi connectivity index (χ3v) is 1.02. The highest BCUT2D eigenvalue weighted by Crippen LogP contribution is 2.12. The van der Waals surface area contributed by atoms with Crippen LogP contribution in [0, 0.1) is 5.41 Å². The summed E-state index contributed by atoms with van der Waals surface area (Å²) in [5.41, 5.74) is 5.31. The molecule has 1 unspecified atom stereocenters. The molecule has 0 aliphatic carbocycles. The average molecular weight is 223 g/mol. The molecule has 86 valence electrons. The first-order chi connectivity index (χ1) is 6.24. The zero-order valence-corrected chi connectivity index (χ0v) is 10.6. The van der Waals surface area contributed by atoms with Crippen LogP contribution in [0.25, 0.3) is 0 Å². The van der Waals surface area contributed by atoms with E-state index < -0.39 is 6.04 Å². The van der Waals surface area contributed by atoms with E-state index in [1.54, 1.807) is 13.6 Å². The van der Waals surface area contributed by atoms with Gasteiger partial charge >= 0.3 is 5.97 Å². The first kappa shape index (κ1) is 16.3. The van der Waals surface area contributed by atoms with Crippen molar-refractivity contribution in [2.24, 2.45) is 11.1 Å². The molecule has 0 heterocycles. The molecule has 0 saturated carbocycles. The lowest BCUT2D eigenvalue weighted by atomic mass is 9.99. The summed E-state index contributed by atoms with van der Waals surface area (Å²) in [6.07, 6.45) is 0. The highest BCUT2D eigenvalue weighted by Gasteiger charge is 2.15. The predicted octanol–water partition coefficient (Wildman–Crippen LogP) is 1.12. The molecular formula is C9H22NO3P. The van der Waals surface area contributed by atoms with Crippen molar-refractivity contribution in [2.75, 3.05) is 13.3 Å². The normalized spacial score (nSPS) is 13.4. The van der Waals surface area contributed by atoms with Crippen LogP contribution in [-0.4, -0.2) is 30.2 Å². The molecule has 0 bridgehead atoms. The number of carbonyl (C=O) groups excluding carboxylic acids is 1. The Morgan fingerprint density at radius 1 is 1.57 bits per heavy atom. The monoisotopic (exact) mass is 223 g/mol. The van der Waals surface area contributed by atoms with Crippen molar-refractivity contribution in [3.05, 3.63) is 0 Å². The van der Waals surface area contributed by atoms with Gasteiger partial charge in [0.2, 0.25) is 0 Å². The van der Waals surface area contributed by atoms with Gasteiger partial charge in [0.1, 0.15) is 6.04 Å². The van der Waals surface area contributed by atoms with Gasteiger partial charge in [-0.2, -0.15) is 0 Å². The van der Waals surface area contributed by atoms with E-state index in [9.17, 15) is 4.79 Å². The molecule has 0 aromatic rings. The summed E-state index contributed by atoms with van der Waals surface area (Å²) >= 11 is 0. The lowest BCUT2D eigenvalue weighted by molar-refractivity contribution is -0.147. The van der Waals surface area contributed by atoms with Gasteiger partial charge in [0.25, 0.3) is 0 Å². The molecule has 14 heavy (non-hydrogen) atoms. The molecule has 0 aromatic carbocycles. The maximum absolute atomic E-state index is 10.8. The standard InChI is InChI=1S/C8H17NO2.CH5OP/c1-6(9)7(10)11-5-8(2,3)4;1-3-2/h6H,5,9H2,1-4H3;2-3H,1H3/t6-;/m0./s1. The molecule has 3 N–H and O–H groups in total. The molecule has 4 nitrogen and oxygen atoms in total. The molecule has 2 atom stereocenters. The fraction of sp³-hybridized carbons (Fsp3) is 0.889. The molecule has 0 aliphatic rings. The van der Waals surface area contributed by atoms with E-state index in [0.717, 1.165) is 0 Å². The molecule has 0 radical (unpaired) electrons. The predicted molar refractivity (Wildman–Crippen MR) is 60.5 cm³/mol. The number of ether oxygens (including phenoxy) is 1. The Hall–Kier alpha value is -0.180. The lowest BCUT2D eigenvalue weighted by Gasteiger charge is -2.18. The van der Waals surface area contributed by atoms with Crippen LogP contribution >= 0.6 is 8.81 Å². The summed E-state index contributed by atoms with van der Waals surface area (Å²) in [5, 5.41) is 0. The maximum atomic E-state index is 10.8. The van der Waals surface area contributed by atoms with Crippen LogP contribution in [-0.2, 0) is 9.53 Å². The molecule has 0 spiro atoms. The fourth-order valence-corrected chi connectivity index (χ4v) is 0.419. The van der Waals surface area contributed by atoms with Crippen molar-refractivity contribution in [2.45, 2.75) is 33.7 Å². The van der Waals surface area contributed by atoms with Gasteiger partial charge in [-0.25, -0.2) is 0 Å². The van der Waals surface area contributed by atoms with Crippen molar-refractivity contribution < 1.29 is 14.4 Å². The second-order valence-corrected chi connectivity index (χ2v) is 4.63. The molecule has 0 fully saturated rings. The zero-order valence-electron chi connectivity index (χ0n) is 9.63. The minimum Gasteiger partial charge on any atom is -0.464 e. The third kappa shape index (κ3) is 14.3. The number of rotatable bonds is 2. The van der Waals surface area contributed by atoms with Gasteiger partial charge in [-0.1, -0.05) is 20.8 Å². The van der Waals surface area contributed by atoms with Crippen LogP contribution in [0.5, 0.6) is 0 Å². The minimum atomic E-state index is -0.516. The smallest absolute Gasteiger partial charge is 0.322 e. The van der Waals surface area contributed by atoms with Gasteiger partial charge in [-0.05, 0) is 19.0 Å². The van der Waals surface area contributed by atoms with Crippen LogP contribution in [0.15, 0.2) is 0 Å². The second kappa shape index (κ2) is 8.16. The lowest BCUT2D eigenvalue weighted by Crippen LogP contribution is -2.31. The number of carbonyl (C=O) groups is 1. The fourth-order valence-electron chi connectivity index (χ4n) is 0.419.